The van der Waals surface area contributed by atoms with Crippen LogP contribution in [0.5, 0.6) is 0 Å². The van der Waals surface area contributed by atoms with Gasteiger partial charge in [-0.25, -0.2) is 4.98 Å². The third kappa shape index (κ3) is 3.94. The van der Waals surface area contributed by atoms with Crippen molar-refractivity contribution in [1.29, 1.82) is 5.26 Å². The van der Waals surface area contributed by atoms with E-state index >= 15 is 0 Å². The number of hydrogen-bond acceptors (Lipinski definition) is 5. The maximum atomic E-state index is 12.6. The summed E-state index contributed by atoms with van der Waals surface area (Å²) < 4.78 is 5.91. The minimum absolute atomic E-state index is 0.0102. The van der Waals surface area contributed by atoms with E-state index in [0.717, 1.165) is 18.5 Å². The Labute approximate surface area is 140 Å². The number of hydrogen-bond donors (Lipinski definition) is 0. The van der Waals surface area contributed by atoms with Crippen LogP contribution in [0.3, 0.4) is 0 Å². The van der Waals surface area contributed by atoms with Crippen molar-refractivity contribution in [3.05, 3.63) is 59.7 Å². The van der Waals surface area contributed by atoms with E-state index < -0.39 is 0 Å². The average molecular weight is 322 g/mol. The second-order valence-electron chi connectivity index (χ2n) is 5.69. The van der Waals surface area contributed by atoms with E-state index in [2.05, 4.69) is 9.97 Å². The monoisotopic (exact) mass is 322 g/mol. The zero-order valence-electron chi connectivity index (χ0n) is 13.3. The van der Waals surface area contributed by atoms with Crippen molar-refractivity contribution in [2.45, 2.75) is 25.6 Å². The van der Waals surface area contributed by atoms with Crippen molar-refractivity contribution in [3.63, 3.8) is 0 Å². The molecule has 2 aromatic rings. The molecule has 3 rings (SSSR count). The van der Waals surface area contributed by atoms with Gasteiger partial charge in [0.1, 0.15) is 11.8 Å². The minimum Gasteiger partial charge on any atom is -0.370 e. The fourth-order valence-electron chi connectivity index (χ4n) is 2.71. The summed E-state index contributed by atoms with van der Waals surface area (Å²) in [5.41, 5.74) is 1.69. The van der Waals surface area contributed by atoms with Gasteiger partial charge in [0.15, 0.2) is 0 Å². The average Bonchev–Trinajstić information content (AvgIpc) is 2.67. The molecule has 1 fully saturated rings. The van der Waals surface area contributed by atoms with Gasteiger partial charge in [-0.3, -0.25) is 9.78 Å². The number of piperidine rings is 1. The molecule has 6 nitrogen and oxygen atoms in total. The van der Waals surface area contributed by atoms with Crippen molar-refractivity contribution in [2.75, 3.05) is 13.1 Å². The number of carbonyl (C=O) groups excluding carboxylic acids is 1. The molecule has 0 unspecified atom stereocenters. The number of amides is 1. The van der Waals surface area contributed by atoms with Gasteiger partial charge in [0.25, 0.3) is 5.91 Å². The van der Waals surface area contributed by atoms with Crippen LogP contribution in [0.2, 0.25) is 0 Å². The van der Waals surface area contributed by atoms with E-state index in [0.29, 0.717) is 31.0 Å². The fraction of sp³-hybridized carbons (Fsp3) is 0.333. The molecule has 0 aromatic carbocycles. The Kier molecular flexibility index (Phi) is 5.14. The van der Waals surface area contributed by atoms with Crippen molar-refractivity contribution in [1.82, 2.24) is 14.9 Å². The summed E-state index contributed by atoms with van der Waals surface area (Å²) in [6.07, 6.45) is 5.05. The summed E-state index contributed by atoms with van der Waals surface area (Å²) in [5.74, 6) is -0.0712. The number of carbonyl (C=O) groups is 1. The molecule has 1 aliphatic rings. The standard InChI is InChI=1S/C18H18N4O2/c19-10-15-7-6-14(11-21-15)18(23)22-9-3-5-17(12-22)24-13-16-4-1-2-8-20-16/h1-2,4,6-8,11,17H,3,5,9,12-13H2/t17-/m1/s1. The number of aromatic nitrogens is 2. The first-order valence-electron chi connectivity index (χ1n) is 7.93. The highest BCUT2D eigenvalue weighted by Gasteiger charge is 2.25. The van der Waals surface area contributed by atoms with E-state index in [1.807, 2.05) is 24.3 Å². The summed E-state index contributed by atoms with van der Waals surface area (Å²) in [7, 11) is 0. The molecular weight excluding hydrogens is 304 g/mol. The number of likely N-dealkylation sites (tertiary alicyclic amines) is 1. The van der Waals surface area contributed by atoms with Crippen molar-refractivity contribution < 1.29 is 9.53 Å². The number of pyridine rings is 2. The summed E-state index contributed by atoms with van der Waals surface area (Å²) in [6, 6.07) is 10.9. The Morgan fingerprint density at radius 2 is 2.25 bits per heavy atom. The number of nitriles is 1. The zero-order chi connectivity index (χ0) is 16.8. The number of rotatable bonds is 4. The predicted molar refractivity (Wildman–Crippen MR) is 86.9 cm³/mol. The smallest absolute Gasteiger partial charge is 0.255 e. The Hall–Kier alpha value is -2.78. The lowest BCUT2D eigenvalue weighted by atomic mass is 10.1. The van der Waals surface area contributed by atoms with Crippen LogP contribution in [0, 0.1) is 11.3 Å². The molecule has 6 heteroatoms. The van der Waals surface area contributed by atoms with Gasteiger partial charge in [-0.15, -0.1) is 0 Å². The highest BCUT2D eigenvalue weighted by atomic mass is 16.5. The lowest BCUT2D eigenvalue weighted by Gasteiger charge is -2.32. The van der Waals surface area contributed by atoms with Crippen molar-refractivity contribution in [2.24, 2.45) is 0 Å². The van der Waals surface area contributed by atoms with Gasteiger partial charge >= 0.3 is 0 Å². The first-order chi connectivity index (χ1) is 11.8. The van der Waals surface area contributed by atoms with Gasteiger partial charge in [0, 0.05) is 25.5 Å². The molecule has 2 aromatic heterocycles. The Bertz CT molecular complexity index is 725. The SMILES string of the molecule is N#Cc1ccc(C(=O)N2CCC[C@@H](OCc3ccccn3)C2)cn1. The largest absolute Gasteiger partial charge is 0.370 e. The van der Waals surface area contributed by atoms with E-state index in [1.54, 1.807) is 23.2 Å². The van der Waals surface area contributed by atoms with Gasteiger partial charge < -0.3 is 9.64 Å². The molecule has 1 aliphatic heterocycles. The quantitative estimate of drug-likeness (QED) is 0.862. The molecule has 0 saturated carbocycles. The molecule has 0 radical (unpaired) electrons. The van der Waals surface area contributed by atoms with E-state index in [-0.39, 0.29) is 12.0 Å². The summed E-state index contributed by atoms with van der Waals surface area (Å²) in [6.45, 7) is 1.72. The first kappa shape index (κ1) is 16.1. The van der Waals surface area contributed by atoms with Crippen LogP contribution >= 0.6 is 0 Å². The van der Waals surface area contributed by atoms with Crippen LogP contribution in [0.1, 0.15) is 34.6 Å². The molecule has 24 heavy (non-hydrogen) atoms. The summed E-state index contributed by atoms with van der Waals surface area (Å²) in [4.78, 5) is 22.5. The van der Waals surface area contributed by atoms with Crippen molar-refractivity contribution in [3.8, 4) is 6.07 Å². The van der Waals surface area contributed by atoms with Crippen LogP contribution in [0.15, 0.2) is 42.7 Å². The first-order valence-corrected chi connectivity index (χ1v) is 7.93. The summed E-state index contributed by atoms with van der Waals surface area (Å²) >= 11 is 0. The van der Waals surface area contributed by atoms with E-state index in [9.17, 15) is 4.79 Å². The highest BCUT2D eigenvalue weighted by Crippen LogP contribution is 2.17. The Balaban J connectivity index is 1.58. The van der Waals surface area contributed by atoms with Gasteiger partial charge in [-0.2, -0.15) is 5.26 Å². The topological polar surface area (TPSA) is 79.1 Å². The second-order valence-corrected chi connectivity index (χ2v) is 5.69. The molecule has 0 spiro atoms. The maximum Gasteiger partial charge on any atom is 0.255 e. The molecule has 1 atom stereocenters. The third-order valence-corrected chi connectivity index (χ3v) is 3.98. The molecule has 0 bridgehead atoms. The molecule has 0 N–H and O–H groups in total. The van der Waals surface area contributed by atoms with E-state index in [4.69, 9.17) is 10.00 Å². The second kappa shape index (κ2) is 7.66. The van der Waals surface area contributed by atoms with Crippen LogP contribution in [-0.4, -0.2) is 40.0 Å². The summed E-state index contributed by atoms with van der Waals surface area (Å²) in [5, 5.41) is 8.77. The molecule has 122 valence electrons. The highest BCUT2D eigenvalue weighted by molar-refractivity contribution is 5.94. The Morgan fingerprint density at radius 3 is 2.96 bits per heavy atom. The number of ether oxygens (including phenoxy) is 1. The van der Waals surface area contributed by atoms with Crippen LogP contribution in [0.25, 0.3) is 0 Å². The van der Waals surface area contributed by atoms with Crippen LogP contribution in [-0.2, 0) is 11.3 Å². The molecule has 1 amide bonds. The fourth-order valence-corrected chi connectivity index (χ4v) is 2.71. The van der Waals surface area contributed by atoms with Crippen molar-refractivity contribution >= 4 is 5.91 Å². The zero-order valence-corrected chi connectivity index (χ0v) is 13.3. The molecular formula is C18H18N4O2. The van der Waals surface area contributed by atoms with E-state index in [1.165, 1.54) is 6.20 Å². The normalized spacial score (nSPS) is 17.3. The van der Waals surface area contributed by atoms with Crippen LogP contribution in [0.4, 0.5) is 0 Å². The van der Waals surface area contributed by atoms with Gasteiger partial charge in [0.05, 0.1) is 24.0 Å². The number of nitrogens with zero attached hydrogens (tertiary/aromatic N) is 4. The minimum atomic E-state index is -0.0712. The third-order valence-electron chi connectivity index (χ3n) is 3.98. The predicted octanol–water partition coefficient (Wildman–Crippen LogP) is 2.17. The lowest BCUT2D eigenvalue weighted by molar-refractivity contribution is -0.00786. The van der Waals surface area contributed by atoms with Gasteiger partial charge in [-0.1, -0.05) is 6.07 Å². The van der Waals surface area contributed by atoms with Gasteiger partial charge in [0.2, 0.25) is 0 Å². The van der Waals surface area contributed by atoms with Crippen LogP contribution < -0.4 is 0 Å². The van der Waals surface area contributed by atoms with Gasteiger partial charge in [-0.05, 0) is 37.1 Å². The lowest BCUT2D eigenvalue weighted by Crippen LogP contribution is -2.43. The Morgan fingerprint density at radius 1 is 1.33 bits per heavy atom. The maximum absolute atomic E-state index is 12.6. The molecule has 3 heterocycles. The molecule has 1 saturated heterocycles. The molecule has 0 aliphatic carbocycles.